The van der Waals surface area contributed by atoms with Gasteiger partial charge in [-0.05, 0) is 49.1 Å². The standard InChI is InChI=1S/C33H29Br3Cl2N6O9/c1-40-18-11-21(52-3)20(51-2)10-17(18)39-16(27(40)46)6-7-41-30(49)43-8-5-14-19(44(43)31(41)50)12-32(37)28(47)42(13-34)29(48)33(32,38)23(14)15-9-22(53-4)26(45)25(36)24(15)35/h5,9-11,19,23,45H,6-8,12-13H2,1-4H3. The Hall–Kier alpha value is -3.58. The first kappa shape index (κ1) is 37.7. The number of imide groups is 1. The number of phenols is 1. The SMILES string of the molecule is COc1cc2nc(CCn3c(=O)n4n(c3=O)C3CC5(Cl)C(=O)N(CBr)C(=O)C5(Cl)C(c5cc(OC)c(O)c(Br)c5Br)C3=CC4)c(=O)n(C)c2cc1OC. The van der Waals surface area contributed by atoms with Gasteiger partial charge in [0.25, 0.3) is 17.4 Å². The monoisotopic (exact) mass is 960 g/mol. The van der Waals surface area contributed by atoms with Crippen molar-refractivity contribution in [3.63, 3.8) is 0 Å². The van der Waals surface area contributed by atoms with E-state index >= 15 is 0 Å². The zero-order valence-electron chi connectivity index (χ0n) is 28.3. The maximum atomic E-state index is 14.3. The predicted molar refractivity (Wildman–Crippen MR) is 204 cm³/mol. The van der Waals surface area contributed by atoms with Crippen molar-refractivity contribution in [1.29, 1.82) is 0 Å². The fourth-order valence-corrected chi connectivity index (χ4v) is 10.0. The van der Waals surface area contributed by atoms with Crippen molar-refractivity contribution in [1.82, 2.24) is 28.4 Å². The number of allylic oxidation sites excluding steroid dienone is 2. The van der Waals surface area contributed by atoms with Crippen LogP contribution in [0, 0.1) is 0 Å². The molecule has 1 saturated carbocycles. The molecule has 20 heteroatoms. The number of benzene rings is 2. The number of fused-ring (bicyclic) bond motifs is 5. The molecule has 0 spiro atoms. The molecule has 0 bridgehead atoms. The van der Waals surface area contributed by atoms with E-state index in [0.29, 0.717) is 38.1 Å². The number of methoxy groups -OCH3 is 3. The molecule has 3 aliphatic rings. The van der Waals surface area contributed by atoms with Gasteiger partial charge < -0.3 is 23.9 Å². The van der Waals surface area contributed by atoms with Crippen molar-refractivity contribution in [3.8, 4) is 23.0 Å². The van der Waals surface area contributed by atoms with Gasteiger partial charge in [-0.25, -0.2) is 28.5 Å². The van der Waals surface area contributed by atoms with E-state index in [1.165, 1.54) is 41.3 Å². The molecule has 1 N–H and O–H groups in total. The Labute approximate surface area is 335 Å². The van der Waals surface area contributed by atoms with Crippen LogP contribution in [-0.2, 0) is 36.1 Å². The topological polar surface area (TPSA) is 169 Å². The van der Waals surface area contributed by atoms with E-state index in [-0.39, 0.29) is 53.1 Å². The van der Waals surface area contributed by atoms with Gasteiger partial charge in [-0.2, -0.15) is 0 Å². The minimum atomic E-state index is -2.10. The van der Waals surface area contributed by atoms with E-state index in [1.54, 1.807) is 25.3 Å². The molecule has 1 aliphatic carbocycles. The number of amides is 2. The second-order valence-corrected chi connectivity index (χ2v) is 16.0. The molecule has 53 heavy (non-hydrogen) atoms. The number of phenolic OH excluding ortho intramolecular Hbond substituents is 1. The molecule has 15 nitrogen and oxygen atoms in total. The van der Waals surface area contributed by atoms with Crippen LogP contribution in [0.1, 0.15) is 29.6 Å². The summed E-state index contributed by atoms with van der Waals surface area (Å²) in [5.41, 5.74) is -0.196. The van der Waals surface area contributed by atoms with Crippen LogP contribution in [0.15, 0.2) is 53.2 Å². The summed E-state index contributed by atoms with van der Waals surface area (Å²) in [7, 11) is 5.89. The number of carbonyl (C=O) groups excluding carboxylic acids is 2. The quantitative estimate of drug-likeness (QED) is 0.118. The molecule has 2 aromatic heterocycles. The van der Waals surface area contributed by atoms with Crippen molar-refractivity contribution in [2.75, 3.05) is 26.8 Å². The summed E-state index contributed by atoms with van der Waals surface area (Å²) in [6, 6.07) is 3.73. The van der Waals surface area contributed by atoms with Gasteiger partial charge in [0.2, 0.25) is 0 Å². The van der Waals surface area contributed by atoms with Gasteiger partial charge >= 0.3 is 11.4 Å². The highest BCUT2D eigenvalue weighted by atomic mass is 79.9. The average Bonchev–Trinajstić information content (AvgIpc) is 3.47. The lowest BCUT2D eigenvalue weighted by Gasteiger charge is -2.49. The second kappa shape index (κ2) is 13.3. The lowest BCUT2D eigenvalue weighted by molar-refractivity contribution is -0.138. The minimum absolute atomic E-state index is 0.0365. The number of ether oxygens (including phenoxy) is 3. The van der Waals surface area contributed by atoms with Crippen molar-refractivity contribution < 1.29 is 28.9 Å². The molecule has 280 valence electrons. The molecular formula is C33H29Br3Cl2N6O9. The summed E-state index contributed by atoms with van der Waals surface area (Å²) in [5.74, 6) is -2.08. The number of nitrogens with zero attached hydrogens (tertiary/aromatic N) is 6. The number of halogens is 5. The van der Waals surface area contributed by atoms with Crippen LogP contribution in [0.2, 0.25) is 0 Å². The molecule has 2 aromatic carbocycles. The van der Waals surface area contributed by atoms with Crippen LogP contribution in [0.4, 0.5) is 0 Å². The molecule has 4 unspecified atom stereocenters. The van der Waals surface area contributed by atoms with E-state index in [2.05, 4.69) is 52.8 Å². The molecule has 7 rings (SSSR count). The Morgan fingerprint density at radius 2 is 1.60 bits per heavy atom. The summed E-state index contributed by atoms with van der Waals surface area (Å²) in [6.07, 6.45) is 1.30. The molecule has 2 aliphatic heterocycles. The summed E-state index contributed by atoms with van der Waals surface area (Å²) in [5, 5.41) is 10.7. The lowest BCUT2D eigenvalue weighted by Crippen LogP contribution is -2.59. The normalized spacial score (nSPS) is 23.5. The largest absolute Gasteiger partial charge is 0.503 e. The first-order valence-electron chi connectivity index (χ1n) is 15.9. The molecule has 1 saturated heterocycles. The van der Waals surface area contributed by atoms with Gasteiger partial charge in [-0.3, -0.25) is 19.3 Å². The number of alkyl halides is 3. The highest BCUT2D eigenvalue weighted by Crippen LogP contribution is 2.65. The maximum absolute atomic E-state index is 14.3. The fourth-order valence-electron chi connectivity index (χ4n) is 7.67. The Kier molecular flexibility index (Phi) is 9.48. The Morgan fingerprint density at radius 3 is 2.25 bits per heavy atom. The highest BCUT2D eigenvalue weighted by Gasteiger charge is 2.75. The van der Waals surface area contributed by atoms with Gasteiger partial charge in [0.1, 0.15) is 5.69 Å². The molecule has 4 heterocycles. The van der Waals surface area contributed by atoms with E-state index in [9.17, 15) is 29.1 Å². The first-order valence-corrected chi connectivity index (χ1v) is 19.4. The van der Waals surface area contributed by atoms with Gasteiger partial charge in [-0.1, -0.05) is 22.0 Å². The van der Waals surface area contributed by atoms with Crippen LogP contribution in [0.3, 0.4) is 0 Å². The highest BCUT2D eigenvalue weighted by molar-refractivity contribution is 9.13. The van der Waals surface area contributed by atoms with Crippen LogP contribution < -0.4 is 31.1 Å². The van der Waals surface area contributed by atoms with E-state index in [0.717, 1.165) is 9.47 Å². The number of likely N-dealkylation sites (tertiary alicyclic amines) is 1. The van der Waals surface area contributed by atoms with E-state index in [4.69, 9.17) is 37.4 Å². The molecule has 4 aromatic rings. The van der Waals surface area contributed by atoms with Gasteiger partial charge in [0.15, 0.2) is 32.7 Å². The summed E-state index contributed by atoms with van der Waals surface area (Å²) < 4.78 is 21.5. The lowest BCUT2D eigenvalue weighted by atomic mass is 9.64. The summed E-state index contributed by atoms with van der Waals surface area (Å²) in [4.78, 5) is 71.0. The van der Waals surface area contributed by atoms with Crippen molar-refractivity contribution in [2.45, 2.75) is 47.6 Å². The fraction of sp³-hybridized carbons (Fsp3) is 0.394. The molecule has 2 fully saturated rings. The molecule has 4 atom stereocenters. The number of aromatic hydroxyl groups is 1. The zero-order valence-corrected chi connectivity index (χ0v) is 34.6. The number of aryl methyl sites for hydroxylation is 2. The van der Waals surface area contributed by atoms with E-state index in [1.807, 2.05) is 0 Å². The third kappa shape index (κ3) is 5.14. The predicted octanol–water partition coefficient (Wildman–Crippen LogP) is 3.90. The third-order valence-corrected chi connectivity index (χ3v) is 14.4. The smallest absolute Gasteiger partial charge is 0.347 e. The number of hydrogen-bond acceptors (Lipinski definition) is 10. The number of hydrogen-bond donors (Lipinski definition) is 1. The first-order chi connectivity index (χ1) is 25.1. The molecular weight excluding hydrogens is 935 g/mol. The average molecular weight is 964 g/mol. The van der Waals surface area contributed by atoms with Gasteiger partial charge in [0, 0.05) is 49.0 Å². The summed E-state index contributed by atoms with van der Waals surface area (Å²) in [6.45, 7) is -0.299. The van der Waals surface area contributed by atoms with Crippen molar-refractivity contribution in [2.24, 2.45) is 7.05 Å². The number of carbonyl (C=O) groups is 2. The molecule has 0 radical (unpaired) electrons. The van der Waals surface area contributed by atoms with Gasteiger partial charge in [0.05, 0.1) is 54.9 Å². The van der Waals surface area contributed by atoms with Crippen LogP contribution in [-0.4, -0.2) is 81.8 Å². The third-order valence-electron chi connectivity index (χ3n) is 10.3. The Balaban J connectivity index is 1.35. The van der Waals surface area contributed by atoms with Crippen LogP contribution in [0.5, 0.6) is 23.0 Å². The maximum Gasteiger partial charge on any atom is 0.347 e. The minimum Gasteiger partial charge on any atom is -0.503 e. The Morgan fingerprint density at radius 1 is 0.943 bits per heavy atom. The Bertz CT molecular complexity index is 2500. The van der Waals surface area contributed by atoms with Gasteiger partial charge in [-0.15, -0.1) is 23.2 Å². The van der Waals surface area contributed by atoms with E-state index < -0.39 is 50.5 Å². The van der Waals surface area contributed by atoms with Crippen molar-refractivity contribution in [3.05, 3.63) is 81.4 Å². The van der Waals surface area contributed by atoms with Crippen LogP contribution >= 0.6 is 71.0 Å². The second-order valence-electron chi connectivity index (χ2n) is 12.7. The summed E-state index contributed by atoms with van der Waals surface area (Å²) >= 11 is 24.7. The number of rotatable bonds is 8. The molecule has 2 amide bonds. The number of aromatic nitrogens is 5. The van der Waals surface area contributed by atoms with Crippen LogP contribution in [0.25, 0.3) is 11.0 Å². The zero-order chi connectivity index (χ0) is 38.5. The van der Waals surface area contributed by atoms with Crippen molar-refractivity contribution >= 4 is 93.8 Å².